The van der Waals surface area contributed by atoms with E-state index in [0.29, 0.717) is 24.0 Å². The summed E-state index contributed by atoms with van der Waals surface area (Å²) in [6, 6.07) is 17.3. The third-order valence-electron chi connectivity index (χ3n) is 4.59. The molecule has 0 saturated heterocycles. The number of rotatable bonds is 10. The summed E-state index contributed by atoms with van der Waals surface area (Å²) in [5.74, 6) is 0.820. The Morgan fingerprint density at radius 2 is 2.00 bits per heavy atom. The predicted octanol–water partition coefficient (Wildman–Crippen LogP) is 2.76. The van der Waals surface area contributed by atoms with Crippen molar-refractivity contribution in [2.24, 2.45) is 5.73 Å². The van der Waals surface area contributed by atoms with Gasteiger partial charge in [-0.25, -0.2) is 0 Å². The fourth-order valence-electron chi connectivity index (χ4n) is 3.10. The van der Waals surface area contributed by atoms with Crippen LogP contribution in [0.4, 0.5) is 5.82 Å². The van der Waals surface area contributed by atoms with Crippen LogP contribution in [0.1, 0.15) is 16.8 Å². The number of aromatic nitrogens is 2. The fourth-order valence-corrected chi connectivity index (χ4v) is 3.29. The second kappa shape index (κ2) is 10.1. The maximum absolute atomic E-state index is 11.3. The van der Waals surface area contributed by atoms with Crippen molar-refractivity contribution < 1.29 is 14.6 Å². The molecule has 158 valence electrons. The molecule has 3 rings (SSSR count). The van der Waals surface area contributed by atoms with Crippen molar-refractivity contribution in [3.63, 3.8) is 0 Å². The van der Waals surface area contributed by atoms with Gasteiger partial charge in [-0.05, 0) is 30.7 Å². The summed E-state index contributed by atoms with van der Waals surface area (Å²) < 4.78 is 7.84. The molecule has 3 N–H and O–H groups in total. The van der Waals surface area contributed by atoms with Gasteiger partial charge in [-0.2, -0.15) is 5.10 Å². The lowest BCUT2D eigenvalue weighted by Gasteiger charge is -2.19. The number of hydrogen-bond acceptors (Lipinski definition) is 5. The first-order valence-electron chi connectivity index (χ1n) is 9.60. The number of nitrogens with two attached hydrogens (primary N) is 1. The normalized spacial score (nSPS) is 10.8. The minimum atomic E-state index is -0.484. The number of carbonyl (C=O) groups excluding carboxylic acids is 1. The molecule has 1 heterocycles. The molecule has 0 atom stereocenters. The Balaban J connectivity index is 1.81. The summed E-state index contributed by atoms with van der Waals surface area (Å²) >= 11 is 6.22. The number of carbonyl (C=O) groups is 1. The number of halogens is 1. The monoisotopic (exact) mass is 428 g/mol. The molecule has 3 aromatic rings. The van der Waals surface area contributed by atoms with Crippen LogP contribution in [0.15, 0.2) is 54.6 Å². The van der Waals surface area contributed by atoms with Crippen molar-refractivity contribution in [1.82, 2.24) is 9.78 Å². The summed E-state index contributed by atoms with van der Waals surface area (Å²) in [4.78, 5) is 13.0. The zero-order chi connectivity index (χ0) is 21.5. The van der Waals surface area contributed by atoms with E-state index in [-0.39, 0.29) is 19.7 Å². The van der Waals surface area contributed by atoms with Gasteiger partial charge in [0.1, 0.15) is 12.4 Å². The highest BCUT2D eigenvalue weighted by Crippen LogP contribution is 2.26. The van der Waals surface area contributed by atoms with Gasteiger partial charge in [-0.1, -0.05) is 41.9 Å². The maximum atomic E-state index is 11.3. The minimum absolute atomic E-state index is 0.0143. The van der Waals surface area contributed by atoms with Gasteiger partial charge in [0.15, 0.2) is 5.82 Å². The lowest BCUT2D eigenvalue weighted by molar-refractivity contribution is -0.116. The van der Waals surface area contributed by atoms with Crippen LogP contribution in [-0.2, 0) is 17.9 Å². The van der Waals surface area contributed by atoms with E-state index >= 15 is 0 Å². The minimum Gasteiger partial charge on any atom is -0.489 e. The highest BCUT2D eigenvalue weighted by molar-refractivity contribution is 6.30. The molecule has 0 spiro atoms. The van der Waals surface area contributed by atoms with Crippen LogP contribution in [-0.4, -0.2) is 40.5 Å². The molecule has 0 aliphatic carbocycles. The van der Waals surface area contributed by atoms with E-state index < -0.39 is 5.91 Å². The Hall–Kier alpha value is -3.03. The largest absolute Gasteiger partial charge is 0.489 e. The van der Waals surface area contributed by atoms with Crippen LogP contribution in [0.3, 0.4) is 0 Å². The molecule has 0 unspecified atom stereocenters. The van der Waals surface area contributed by atoms with E-state index in [1.807, 2.05) is 60.1 Å². The number of aliphatic hydroxyl groups is 1. The number of amides is 1. The molecule has 2 aromatic carbocycles. The molecule has 0 aliphatic heterocycles. The molecule has 0 fully saturated rings. The third-order valence-corrected chi connectivity index (χ3v) is 4.82. The van der Waals surface area contributed by atoms with Crippen molar-refractivity contribution in [3.8, 4) is 5.75 Å². The van der Waals surface area contributed by atoms with Crippen molar-refractivity contribution in [3.05, 3.63) is 76.4 Å². The van der Waals surface area contributed by atoms with Crippen LogP contribution in [0, 0.1) is 6.92 Å². The average Bonchev–Trinajstić information content (AvgIpc) is 3.08. The Labute approximate surface area is 180 Å². The molecular formula is C22H25ClN4O3. The zero-order valence-electron chi connectivity index (χ0n) is 16.8. The van der Waals surface area contributed by atoms with Crippen LogP contribution < -0.4 is 15.4 Å². The lowest BCUT2D eigenvalue weighted by atomic mass is 10.2. The molecule has 0 aliphatic rings. The molecule has 8 heteroatoms. The second-order valence-corrected chi connectivity index (χ2v) is 7.38. The smallest absolute Gasteiger partial charge is 0.237 e. The second-order valence-electron chi connectivity index (χ2n) is 6.94. The number of hydrogen-bond donors (Lipinski definition) is 2. The van der Waals surface area contributed by atoms with Gasteiger partial charge in [-0.3, -0.25) is 9.48 Å². The number of aliphatic hydroxyl groups excluding tert-OH is 1. The van der Waals surface area contributed by atoms with Crippen molar-refractivity contribution in [1.29, 1.82) is 0 Å². The standard InChI is InChI=1S/C22H25ClN4O3/c1-16-11-22(26(9-10-28)14-21(24)29)25-27(16)13-18-12-19(23)7-8-20(18)30-15-17-5-3-2-4-6-17/h2-8,11-12,28H,9-10,13-15H2,1H3,(H2,24,29). The van der Waals surface area contributed by atoms with Gasteiger partial charge in [-0.15, -0.1) is 0 Å². The van der Waals surface area contributed by atoms with E-state index in [1.54, 1.807) is 11.0 Å². The number of benzene rings is 2. The SMILES string of the molecule is Cc1cc(N(CCO)CC(N)=O)nn1Cc1cc(Cl)ccc1OCc1ccccc1. The molecule has 1 aromatic heterocycles. The number of anilines is 1. The quantitative estimate of drug-likeness (QED) is 0.518. The van der Waals surface area contributed by atoms with Crippen LogP contribution in [0.25, 0.3) is 0 Å². The molecule has 0 bridgehead atoms. The zero-order valence-corrected chi connectivity index (χ0v) is 17.5. The Kier molecular flexibility index (Phi) is 7.32. The van der Waals surface area contributed by atoms with E-state index in [4.69, 9.17) is 22.1 Å². The van der Waals surface area contributed by atoms with Crippen LogP contribution in [0.2, 0.25) is 5.02 Å². The Morgan fingerprint density at radius 3 is 2.70 bits per heavy atom. The maximum Gasteiger partial charge on any atom is 0.237 e. The molecular weight excluding hydrogens is 404 g/mol. The van der Waals surface area contributed by atoms with E-state index in [9.17, 15) is 9.90 Å². The highest BCUT2D eigenvalue weighted by Gasteiger charge is 2.15. The number of ether oxygens (including phenoxy) is 1. The summed E-state index contributed by atoms with van der Waals surface area (Å²) in [6.45, 7) is 2.96. The molecule has 30 heavy (non-hydrogen) atoms. The first kappa shape index (κ1) is 21.7. The predicted molar refractivity (Wildman–Crippen MR) is 117 cm³/mol. The summed E-state index contributed by atoms with van der Waals surface area (Å²) in [6.07, 6.45) is 0. The molecule has 0 saturated carbocycles. The first-order valence-corrected chi connectivity index (χ1v) is 9.98. The van der Waals surface area contributed by atoms with Crippen LogP contribution >= 0.6 is 11.6 Å². The van der Waals surface area contributed by atoms with E-state index in [0.717, 1.165) is 22.6 Å². The lowest BCUT2D eigenvalue weighted by Crippen LogP contribution is -2.36. The van der Waals surface area contributed by atoms with Crippen molar-refractivity contribution in [2.45, 2.75) is 20.1 Å². The Morgan fingerprint density at radius 1 is 1.23 bits per heavy atom. The first-order chi connectivity index (χ1) is 14.5. The van der Waals surface area contributed by atoms with Gasteiger partial charge >= 0.3 is 0 Å². The Bertz CT molecular complexity index is 991. The molecule has 1 amide bonds. The highest BCUT2D eigenvalue weighted by atomic mass is 35.5. The topological polar surface area (TPSA) is 93.6 Å². The van der Waals surface area contributed by atoms with Crippen molar-refractivity contribution in [2.75, 3.05) is 24.6 Å². The van der Waals surface area contributed by atoms with E-state index in [1.165, 1.54) is 0 Å². The average molecular weight is 429 g/mol. The van der Waals surface area contributed by atoms with Gasteiger partial charge in [0, 0.05) is 28.9 Å². The summed E-state index contributed by atoms with van der Waals surface area (Å²) in [5, 5.41) is 14.5. The summed E-state index contributed by atoms with van der Waals surface area (Å²) in [5.41, 5.74) is 8.17. The van der Waals surface area contributed by atoms with Crippen LogP contribution in [0.5, 0.6) is 5.75 Å². The molecule has 7 nitrogen and oxygen atoms in total. The number of nitrogens with zero attached hydrogens (tertiary/aromatic N) is 3. The third kappa shape index (κ3) is 5.75. The van der Waals surface area contributed by atoms with Crippen molar-refractivity contribution >= 4 is 23.3 Å². The number of primary amides is 1. The van der Waals surface area contributed by atoms with Gasteiger partial charge in [0.25, 0.3) is 0 Å². The molecule has 0 radical (unpaired) electrons. The fraction of sp³-hybridized carbons (Fsp3) is 0.273. The van der Waals surface area contributed by atoms with E-state index in [2.05, 4.69) is 5.10 Å². The van der Waals surface area contributed by atoms with Gasteiger partial charge in [0.05, 0.1) is 19.7 Å². The number of aryl methyl sites for hydroxylation is 1. The van der Waals surface area contributed by atoms with Gasteiger partial charge in [0.2, 0.25) is 5.91 Å². The summed E-state index contributed by atoms with van der Waals surface area (Å²) in [7, 11) is 0. The van der Waals surface area contributed by atoms with Gasteiger partial charge < -0.3 is 20.5 Å².